The summed E-state index contributed by atoms with van der Waals surface area (Å²) in [5.74, 6) is -5.92. The molecule has 4 unspecified atom stereocenters. The smallest absolute Gasteiger partial charge is 0.393 e. The Kier molecular flexibility index (Phi) is 5.96. The molecule has 2 aliphatic carbocycles. The molecule has 2 aliphatic rings. The van der Waals surface area contributed by atoms with Crippen molar-refractivity contribution in [2.75, 3.05) is 0 Å². The number of rotatable bonds is 4. The van der Waals surface area contributed by atoms with E-state index >= 15 is 0 Å². The molecule has 0 spiro atoms. The second-order valence-corrected chi connectivity index (χ2v) is 9.23. The maximum atomic E-state index is 12.6. The minimum Gasteiger partial charge on any atom is -0.393 e. The summed E-state index contributed by atoms with van der Waals surface area (Å²) < 4.78 is 80.3. The van der Waals surface area contributed by atoms with E-state index in [0.29, 0.717) is 12.2 Å². The van der Waals surface area contributed by atoms with Gasteiger partial charge in [-0.25, -0.2) is 0 Å². The van der Waals surface area contributed by atoms with Gasteiger partial charge >= 0.3 is 24.3 Å². The van der Waals surface area contributed by atoms with Crippen LogP contribution in [-0.4, -0.2) is 24.3 Å². The lowest BCUT2D eigenvalue weighted by atomic mass is 10.1. The van der Waals surface area contributed by atoms with E-state index in [2.05, 4.69) is 0 Å². The lowest BCUT2D eigenvalue weighted by Crippen LogP contribution is -2.19. The first kappa shape index (κ1) is 24.1. The topological polar surface area (TPSA) is 43.4 Å². The molecule has 2 fully saturated rings. The highest BCUT2D eigenvalue weighted by atomic mass is 35.5. The Hall–Kier alpha value is -1.22. The van der Waals surface area contributed by atoms with Gasteiger partial charge in [-0.15, -0.1) is 0 Å². The van der Waals surface area contributed by atoms with Gasteiger partial charge in [-0.2, -0.15) is 26.3 Å². The van der Waals surface area contributed by atoms with Crippen molar-refractivity contribution in [3.8, 4) is 0 Å². The second kappa shape index (κ2) is 7.18. The Morgan fingerprint density at radius 3 is 1.28 bits per heavy atom. The van der Waals surface area contributed by atoms with Gasteiger partial charge < -0.3 is 4.74 Å². The van der Waals surface area contributed by atoms with Crippen molar-refractivity contribution in [2.45, 2.75) is 40.0 Å². The zero-order valence-corrected chi connectivity index (χ0v) is 17.2. The molecule has 0 heterocycles. The number of hydrogen-bond acceptors (Lipinski definition) is 3. The summed E-state index contributed by atoms with van der Waals surface area (Å²) in [7, 11) is 0. The van der Waals surface area contributed by atoms with E-state index in [1.165, 1.54) is 27.7 Å². The number of carbonyl (C=O) groups is 2. The van der Waals surface area contributed by atoms with Gasteiger partial charge in [0.15, 0.2) is 0 Å². The average molecular weight is 467 g/mol. The molecule has 0 bridgehead atoms. The lowest BCUT2D eigenvalue weighted by molar-refractivity contribution is -0.162. The molecule has 0 amide bonds. The van der Waals surface area contributed by atoms with E-state index in [1.807, 2.05) is 0 Å². The fourth-order valence-electron chi connectivity index (χ4n) is 3.61. The summed E-state index contributed by atoms with van der Waals surface area (Å²) in [6.07, 6.45) is -8.12. The van der Waals surface area contributed by atoms with Crippen LogP contribution < -0.4 is 0 Å². The molecular formula is C18H18Cl2F6O3. The quantitative estimate of drug-likeness (QED) is 0.291. The number of esters is 2. The molecule has 2 saturated carbocycles. The third kappa shape index (κ3) is 4.76. The SMILES string of the molecule is CC1(C)C(/C=C(\Cl)C(F)(F)F)C1C(=O)OC(=O)C1C(/C=C(\Cl)C(F)(F)F)C1(C)C. The molecule has 0 aromatic rings. The first-order valence-corrected chi connectivity index (χ1v) is 9.23. The van der Waals surface area contributed by atoms with Crippen molar-refractivity contribution in [3.63, 3.8) is 0 Å². The molecule has 2 rings (SSSR count). The third-order valence-corrected chi connectivity index (χ3v) is 6.40. The van der Waals surface area contributed by atoms with Crippen molar-refractivity contribution < 1.29 is 40.7 Å². The Morgan fingerprint density at radius 2 is 1.03 bits per heavy atom. The molecule has 11 heteroatoms. The maximum absolute atomic E-state index is 12.6. The molecule has 0 aromatic heterocycles. The first-order chi connectivity index (χ1) is 12.8. The molecule has 0 aromatic carbocycles. The van der Waals surface area contributed by atoms with Crippen LogP contribution in [0.15, 0.2) is 22.2 Å². The minimum atomic E-state index is -4.76. The van der Waals surface area contributed by atoms with Crippen molar-refractivity contribution >= 4 is 35.1 Å². The lowest BCUT2D eigenvalue weighted by Gasteiger charge is -2.05. The predicted molar refractivity (Wildman–Crippen MR) is 92.6 cm³/mol. The molecule has 4 atom stereocenters. The zero-order valence-electron chi connectivity index (χ0n) is 15.7. The van der Waals surface area contributed by atoms with Crippen LogP contribution in [0.1, 0.15) is 27.7 Å². The van der Waals surface area contributed by atoms with Crippen molar-refractivity contribution in [1.29, 1.82) is 0 Å². The molecular weight excluding hydrogens is 449 g/mol. The van der Waals surface area contributed by atoms with Gasteiger partial charge in [0.05, 0.1) is 11.8 Å². The Morgan fingerprint density at radius 1 is 0.759 bits per heavy atom. The highest BCUT2D eigenvalue weighted by Gasteiger charge is 2.65. The summed E-state index contributed by atoms with van der Waals surface area (Å²) >= 11 is 10.4. The van der Waals surface area contributed by atoms with Crippen LogP contribution >= 0.6 is 23.2 Å². The van der Waals surface area contributed by atoms with Gasteiger partial charge in [-0.1, -0.05) is 63.0 Å². The van der Waals surface area contributed by atoms with Crippen LogP contribution in [0.4, 0.5) is 26.3 Å². The standard InChI is InChI=1S/C18H18Cl2F6O3/c1-15(2)7(5-9(19)17(21,22)23)11(15)13(27)29-14(28)12-8(16(12,3)4)6-10(20)18(24,25)26/h5-8,11-12H,1-4H3/b9-5-,10-6-. The second-order valence-electron chi connectivity index (χ2n) is 8.41. The Bertz CT molecular complexity index is 715. The zero-order chi connectivity index (χ0) is 22.7. The molecule has 0 aliphatic heterocycles. The van der Waals surface area contributed by atoms with Gasteiger partial charge in [-0.3, -0.25) is 9.59 Å². The van der Waals surface area contributed by atoms with Crippen LogP contribution in [-0.2, 0) is 14.3 Å². The predicted octanol–water partition coefficient (Wildman–Crippen LogP) is 5.97. The number of allylic oxidation sites excluding steroid dienone is 4. The minimum absolute atomic E-state index is 0.702. The number of hydrogen-bond donors (Lipinski definition) is 0. The van der Waals surface area contributed by atoms with Gasteiger partial charge in [0.2, 0.25) is 0 Å². The van der Waals surface area contributed by atoms with E-state index in [-0.39, 0.29) is 0 Å². The largest absolute Gasteiger partial charge is 0.426 e. The summed E-state index contributed by atoms with van der Waals surface area (Å²) in [6, 6.07) is 0. The average Bonchev–Trinajstić information content (AvgIpc) is 3.25. The number of ether oxygens (including phenoxy) is 1. The number of alkyl halides is 6. The first-order valence-electron chi connectivity index (χ1n) is 8.47. The summed E-state index contributed by atoms with van der Waals surface area (Å²) in [4.78, 5) is 24.6. The fourth-order valence-corrected chi connectivity index (χ4v) is 3.88. The van der Waals surface area contributed by atoms with Crippen LogP contribution in [0.2, 0.25) is 0 Å². The van der Waals surface area contributed by atoms with Gasteiger partial charge in [0.1, 0.15) is 10.1 Å². The van der Waals surface area contributed by atoms with Crippen LogP contribution in [0, 0.1) is 34.5 Å². The van der Waals surface area contributed by atoms with Crippen LogP contribution in [0.25, 0.3) is 0 Å². The van der Waals surface area contributed by atoms with E-state index < -0.39 is 68.9 Å². The summed E-state index contributed by atoms with van der Waals surface area (Å²) in [5.41, 5.74) is -1.83. The maximum Gasteiger partial charge on any atom is 0.426 e. The van der Waals surface area contributed by atoms with Gasteiger partial charge in [0, 0.05) is 0 Å². The molecule has 3 nitrogen and oxygen atoms in total. The van der Waals surface area contributed by atoms with Gasteiger partial charge in [0.25, 0.3) is 0 Å². The molecule has 164 valence electrons. The molecule has 29 heavy (non-hydrogen) atoms. The highest BCUT2D eigenvalue weighted by Crippen LogP contribution is 2.62. The van der Waals surface area contributed by atoms with Crippen LogP contribution in [0.5, 0.6) is 0 Å². The van der Waals surface area contributed by atoms with E-state index in [0.717, 1.165) is 0 Å². The Balaban J connectivity index is 2.08. The van der Waals surface area contributed by atoms with Gasteiger partial charge in [-0.05, 0) is 22.7 Å². The van der Waals surface area contributed by atoms with E-state index in [1.54, 1.807) is 0 Å². The Labute approximate surface area is 173 Å². The normalized spacial score (nSPS) is 31.3. The van der Waals surface area contributed by atoms with Crippen molar-refractivity contribution in [2.24, 2.45) is 34.5 Å². The molecule has 0 radical (unpaired) electrons. The summed E-state index contributed by atoms with van der Waals surface area (Å²) in [6.45, 7) is 6.06. The van der Waals surface area contributed by atoms with E-state index in [9.17, 15) is 35.9 Å². The third-order valence-electron chi connectivity index (χ3n) is 5.72. The number of carbonyl (C=O) groups excluding carboxylic acids is 2. The number of halogens is 8. The van der Waals surface area contributed by atoms with E-state index in [4.69, 9.17) is 27.9 Å². The summed E-state index contributed by atoms with van der Waals surface area (Å²) in [5, 5.41) is -2.76. The van der Waals surface area contributed by atoms with Crippen molar-refractivity contribution in [1.82, 2.24) is 0 Å². The highest BCUT2D eigenvalue weighted by molar-refractivity contribution is 6.30. The fraction of sp³-hybridized carbons (Fsp3) is 0.667. The molecule has 0 N–H and O–H groups in total. The van der Waals surface area contributed by atoms with Crippen LogP contribution in [0.3, 0.4) is 0 Å². The molecule has 0 saturated heterocycles. The monoisotopic (exact) mass is 466 g/mol. The van der Waals surface area contributed by atoms with Crippen molar-refractivity contribution in [3.05, 3.63) is 22.2 Å².